The van der Waals surface area contributed by atoms with E-state index in [9.17, 15) is 0 Å². The van der Waals surface area contributed by atoms with Crippen LogP contribution < -0.4 is 4.90 Å². The first kappa shape index (κ1) is 14.1. The van der Waals surface area contributed by atoms with Gasteiger partial charge in [-0.05, 0) is 31.0 Å². The second-order valence-corrected chi connectivity index (χ2v) is 5.92. The molecule has 3 heteroatoms. The second kappa shape index (κ2) is 6.27. The molecule has 110 valence electrons. The van der Waals surface area contributed by atoms with Crippen LogP contribution in [0.1, 0.15) is 30.0 Å². The van der Waals surface area contributed by atoms with Crippen molar-refractivity contribution in [1.29, 1.82) is 0 Å². The highest BCUT2D eigenvalue weighted by Crippen LogP contribution is 2.36. The zero-order valence-corrected chi connectivity index (χ0v) is 12.9. The zero-order valence-electron chi connectivity index (χ0n) is 12.9. The Bertz CT molecular complexity index is 580. The number of hydrogen-bond acceptors (Lipinski definition) is 3. The maximum Gasteiger partial charge on any atom is 0.132 e. The van der Waals surface area contributed by atoms with Crippen molar-refractivity contribution >= 4 is 5.82 Å². The van der Waals surface area contributed by atoms with Crippen LogP contribution in [0.3, 0.4) is 0 Å². The van der Waals surface area contributed by atoms with E-state index < -0.39 is 0 Å². The van der Waals surface area contributed by atoms with Crippen molar-refractivity contribution in [2.75, 3.05) is 25.5 Å². The Hall–Kier alpha value is -1.87. The molecular formula is C18H23N3. The van der Waals surface area contributed by atoms with Crippen LogP contribution in [0.25, 0.3) is 0 Å². The maximum atomic E-state index is 4.56. The van der Waals surface area contributed by atoms with Crippen LogP contribution in [-0.2, 0) is 6.54 Å². The molecule has 3 nitrogen and oxygen atoms in total. The van der Waals surface area contributed by atoms with Gasteiger partial charge in [-0.2, -0.15) is 0 Å². The summed E-state index contributed by atoms with van der Waals surface area (Å²) >= 11 is 0. The predicted molar refractivity (Wildman–Crippen MR) is 87.4 cm³/mol. The summed E-state index contributed by atoms with van der Waals surface area (Å²) in [5, 5.41) is 0. The molecule has 0 amide bonds. The molecule has 1 atom stereocenters. The lowest BCUT2D eigenvalue weighted by molar-refractivity contribution is 0.248. The van der Waals surface area contributed by atoms with Crippen molar-refractivity contribution in [2.24, 2.45) is 0 Å². The standard InChI is InChI=1S/C18H23N3/c1-20(2)18-16(10-6-12-19-18)17-11-7-13-21(17)14-15-8-4-3-5-9-15/h3-6,8-10,12,17H,7,11,13-14H2,1-2H3/t17-/m1/s1. The number of anilines is 1. The highest BCUT2D eigenvalue weighted by molar-refractivity contribution is 5.47. The van der Waals surface area contributed by atoms with Gasteiger partial charge in [0.05, 0.1) is 0 Å². The van der Waals surface area contributed by atoms with Crippen LogP contribution >= 0.6 is 0 Å². The van der Waals surface area contributed by atoms with Gasteiger partial charge >= 0.3 is 0 Å². The molecule has 1 aliphatic rings. The van der Waals surface area contributed by atoms with E-state index in [4.69, 9.17) is 0 Å². The average molecular weight is 281 g/mol. The number of hydrogen-bond donors (Lipinski definition) is 0. The first-order chi connectivity index (χ1) is 10.3. The lowest BCUT2D eigenvalue weighted by atomic mass is 10.0. The molecule has 0 spiro atoms. The van der Waals surface area contributed by atoms with Crippen molar-refractivity contribution in [2.45, 2.75) is 25.4 Å². The number of nitrogens with zero attached hydrogens (tertiary/aromatic N) is 3. The van der Waals surface area contributed by atoms with Crippen molar-refractivity contribution in [3.63, 3.8) is 0 Å². The highest BCUT2D eigenvalue weighted by Gasteiger charge is 2.28. The van der Waals surface area contributed by atoms with Gasteiger partial charge in [-0.1, -0.05) is 36.4 Å². The Kier molecular flexibility index (Phi) is 4.20. The van der Waals surface area contributed by atoms with E-state index in [2.05, 4.69) is 71.3 Å². The molecule has 2 aromatic rings. The largest absolute Gasteiger partial charge is 0.362 e. The Morgan fingerprint density at radius 3 is 2.71 bits per heavy atom. The molecule has 21 heavy (non-hydrogen) atoms. The van der Waals surface area contributed by atoms with Gasteiger partial charge in [0.2, 0.25) is 0 Å². The summed E-state index contributed by atoms with van der Waals surface area (Å²) in [6, 6.07) is 15.5. The third kappa shape index (κ3) is 3.08. The van der Waals surface area contributed by atoms with Crippen LogP contribution in [0.4, 0.5) is 5.82 Å². The number of benzene rings is 1. The highest BCUT2D eigenvalue weighted by atomic mass is 15.2. The van der Waals surface area contributed by atoms with Crippen molar-refractivity contribution in [3.05, 3.63) is 59.8 Å². The van der Waals surface area contributed by atoms with Gasteiger partial charge in [0, 0.05) is 38.4 Å². The molecule has 0 unspecified atom stereocenters. The predicted octanol–water partition coefficient (Wildman–Crippen LogP) is 3.48. The molecule has 0 bridgehead atoms. The lowest BCUT2D eigenvalue weighted by Crippen LogP contribution is -2.25. The van der Waals surface area contributed by atoms with E-state index >= 15 is 0 Å². The normalized spacial score (nSPS) is 18.9. The number of aromatic nitrogens is 1. The molecule has 0 N–H and O–H groups in total. The molecule has 1 aromatic carbocycles. The van der Waals surface area contributed by atoms with Crippen molar-refractivity contribution < 1.29 is 0 Å². The summed E-state index contributed by atoms with van der Waals surface area (Å²) in [6.07, 6.45) is 4.37. The average Bonchev–Trinajstić information content (AvgIpc) is 2.96. The fourth-order valence-electron chi connectivity index (χ4n) is 3.23. The molecule has 3 rings (SSSR count). The molecule has 0 radical (unpaired) electrons. The summed E-state index contributed by atoms with van der Waals surface area (Å²) in [4.78, 5) is 9.27. The van der Waals surface area contributed by atoms with Crippen LogP contribution in [0.5, 0.6) is 0 Å². The zero-order chi connectivity index (χ0) is 14.7. The van der Waals surface area contributed by atoms with Crippen LogP contribution in [0.15, 0.2) is 48.7 Å². The smallest absolute Gasteiger partial charge is 0.132 e. The minimum atomic E-state index is 0.483. The fourth-order valence-corrected chi connectivity index (χ4v) is 3.23. The monoisotopic (exact) mass is 281 g/mol. The Morgan fingerprint density at radius 1 is 1.14 bits per heavy atom. The van der Waals surface area contributed by atoms with Gasteiger partial charge in [-0.15, -0.1) is 0 Å². The Labute approximate surface area is 127 Å². The van der Waals surface area contributed by atoms with Gasteiger partial charge in [0.25, 0.3) is 0 Å². The van der Waals surface area contributed by atoms with Crippen molar-refractivity contribution in [1.82, 2.24) is 9.88 Å². The van der Waals surface area contributed by atoms with E-state index in [0.717, 1.165) is 12.4 Å². The van der Waals surface area contributed by atoms with Gasteiger partial charge in [0.15, 0.2) is 0 Å². The topological polar surface area (TPSA) is 19.4 Å². The van der Waals surface area contributed by atoms with Crippen molar-refractivity contribution in [3.8, 4) is 0 Å². The summed E-state index contributed by atoms with van der Waals surface area (Å²) in [5.74, 6) is 1.10. The quantitative estimate of drug-likeness (QED) is 0.855. The molecule has 2 heterocycles. The third-order valence-electron chi connectivity index (χ3n) is 4.19. The molecule has 1 aliphatic heterocycles. The van der Waals surface area contributed by atoms with Gasteiger partial charge in [0.1, 0.15) is 5.82 Å². The summed E-state index contributed by atoms with van der Waals surface area (Å²) in [6.45, 7) is 2.19. The fraction of sp³-hybridized carbons (Fsp3) is 0.389. The molecule has 1 fully saturated rings. The summed E-state index contributed by atoms with van der Waals surface area (Å²) in [7, 11) is 4.14. The molecule has 1 aromatic heterocycles. The number of likely N-dealkylation sites (tertiary alicyclic amines) is 1. The van der Waals surface area contributed by atoms with E-state index in [1.165, 1.54) is 30.5 Å². The minimum absolute atomic E-state index is 0.483. The molecule has 0 saturated carbocycles. The van der Waals surface area contributed by atoms with Crippen LogP contribution in [0.2, 0.25) is 0 Å². The third-order valence-corrected chi connectivity index (χ3v) is 4.19. The first-order valence-corrected chi connectivity index (χ1v) is 7.66. The van der Waals surface area contributed by atoms with Gasteiger partial charge in [-0.25, -0.2) is 4.98 Å². The Balaban J connectivity index is 1.84. The van der Waals surface area contributed by atoms with E-state index in [1.807, 2.05) is 6.20 Å². The number of pyridine rings is 1. The maximum absolute atomic E-state index is 4.56. The lowest BCUT2D eigenvalue weighted by Gasteiger charge is -2.27. The molecule has 1 saturated heterocycles. The molecular weight excluding hydrogens is 258 g/mol. The number of rotatable bonds is 4. The van der Waals surface area contributed by atoms with Crippen LogP contribution in [-0.4, -0.2) is 30.5 Å². The Morgan fingerprint density at radius 2 is 1.95 bits per heavy atom. The van der Waals surface area contributed by atoms with Gasteiger partial charge < -0.3 is 4.90 Å². The molecule has 0 aliphatic carbocycles. The van der Waals surface area contributed by atoms with E-state index in [0.29, 0.717) is 6.04 Å². The van der Waals surface area contributed by atoms with Gasteiger partial charge in [-0.3, -0.25) is 4.90 Å². The second-order valence-electron chi connectivity index (χ2n) is 5.92. The van der Waals surface area contributed by atoms with Crippen LogP contribution in [0, 0.1) is 0 Å². The first-order valence-electron chi connectivity index (χ1n) is 7.66. The summed E-state index contributed by atoms with van der Waals surface area (Å²) in [5.41, 5.74) is 2.75. The summed E-state index contributed by atoms with van der Waals surface area (Å²) < 4.78 is 0. The van der Waals surface area contributed by atoms with E-state index in [-0.39, 0.29) is 0 Å². The SMILES string of the molecule is CN(C)c1ncccc1[C@H]1CCCN1Cc1ccccc1. The van der Waals surface area contributed by atoms with E-state index in [1.54, 1.807) is 0 Å². The minimum Gasteiger partial charge on any atom is -0.362 e.